The molecule has 0 atom stereocenters. The maximum absolute atomic E-state index is 13.0. The summed E-state index contributed by atoms with van der Waals surface area (Å²) in [6.45, 7) is 4.13. The molecule has 3 N–H and O–H groups in total. The number of halogens is 2. The minimum atomic E-state index is -0.476. The lowest BCUT2D eigenvalue weighted by Gasteiger charge is -2.09. The third-order valence-electron chi connectivity index (χ3n) is 5.12. The minimum Gasteiger partial charge on any atom is -0.318 e. The number of aromatic nitrogens is 6. The molecule has 1 aromatic carbocycles. The Morgan fingerprint density at radius 1 is 1.03 bits per heavy atom. The Morgan fingerprint density at radius 2 is 1.76 bits per heavy atom. The van der Waals surface area contributed by atoms with Crippen LogP contribution >= 0.6 is 23.2 Å². The van der Waals surface area contributed by atoms with E-state index in [0.717, 1.165) is 5.69 Å². The van der Waals surface area contributed by atoms with E-state index in [1.165, 1.54) is 10.9 Å². The smallest absolute Gasteiger partial charge is 0.276 e. The molecule has 12 heteroatoms. The number of H-pyrrole nitrogens is 1. The fourth-order valence-corrected chi connectivity index (χ4v) is 3.49. The van der Waals surface area contributed by atoms with E-state index in [4.69, 9.17) is 23.2 Å². The number of nitrogens with zero attached hydrogens (tertiary/aromatic N) is 5. The molecule has 33 heavy (non-hydrogen) atoms. The number of nitrogens with one attached hydrogen (secondary N) is 3. The molecule has 0 aliphatic rings. The average Bonchev–Trinajstić information content (AvgIpc) is 3.51. The molecule has 0 unspecified atom stereocenters. The van der Waals surface area contributed by atoms with Gasteiger partial charge in [0.1, 0.15) is 11.4 Å². The summed E-state index contributed by atoms with van der Waals surface area (Å²) in [4.78, 5) is 25.9. The molecule has 4 rings (SSSR count). The van der Waals surface area contributed by atoms with Crippen molar-refractivity contribution in [2.75, 3.05) is 10.6 Å². The quantitative estimate of drug-likeness (QED) is 0.377. The van der Waals surface area contributed by atoms with Gasteiger partial charge in [0.25, 0.3) is 11.8 Å². The molecule has 3 aromatic heterocycles. The number of anilines is 2. The zero-order valence-electron chi connectivity index (χ0n) is 18.0. The number of aryl methyl sites for hydroxylation is 2. The Hall–Kier alpha value is -3.63. The highest BCUT2D eigenvalue weighted by Crippen LogP contribution is 2.28. The number of hydrogen-bond acceptors (Lipinski definition) is 5. The van der Waals surface area contributed by atoms with Gasteiger partial charge in [-0.1, -0.05) is 29.3 Å². The molecule has 0 radical (unpaired) electrons. The molecule has 4 aromatic rings. The molecular weight excluding hydrogens is 467 g/mol. The van der Waals surface area contributed by atoms with Crippen molar-refractivity contribution in [1.82, 2.24) is 29.8 Å². The van der Waals surface area contributed by atoms with Crippen molar-refractivity contribution in [3.8, 4) is 11.3 Å². The molecule has 2 amide bonds. The fraction of sp³-hybridized carbons (Fsp3) is 0.190. The molecular formula is C21H20Cl2N8O2. The zero-order valence-corrected chi connectivity index (χ0v) is 19.5. The average molecular weight is 487 g/mol. The molecule has 0 saturated carbocycles. The highest BCUT2D eigenvalue weighted by Gasteiger charge is 2.22. The molecule has 170 valence electrons. The van der Waals surface area contributed by atoms with Crippen LogP contribution in [0.2, 0.25) is 10.0 Å². The Kier molecular flexibility index (Phi) is 6.21. The summed E-state index contributed by atoms with van der Waals surface area (Å²) < 4.78 is 3.16. The minimum absolute atomic E-state index is 0.204. The van der Waals surface area contributed by atoms with Gasteiger partial charge >= 0.3 is 0 Å². The van der Waals surface area contributed by atoms with Gasteiger partial charge in [-0.05, 0) is 32.0 Å². The van der Waals surface area contributed by atoms with Crippen molar-refractivity contribution in [2.45, 2.75) is 20.4 Å². The van der Waals surface area contributed by atoms with Crippen LogP contribution in [-0.4, -0.2) is 41.6 Å². The summed E-state index contributed by atoms with van der Waals surface area (Å²) in [5.41, 5.74) is 3.28. The lowest BCUT2D eigenvalue weighted by Crippen LogP contribution is -2.21. The summed E-state index contributed by atoms with van der Waals surface area (Å²) in [5.74, 6) is -0.891. The van der Waals surface area contributed by atoms with E-state index in [9.17, 15) is 9.59 Å². The number of amides is 2. The maximum atomic E-state index is 13.0. The molecule has 3 heterocycles. The third kappa shape index (κ3) is 4.48. The molecule has 0 bridgehead atoms. The summed E-state index contributed by atoms with van der Waals surface area (Å²) in [6.07, 6.45) is 3.00. The third-order valence-corrected chi connectivity index (χ3v) is 5.86. The van der Waals surface area contributed by atoms with E-state index in [0.29, 0.717) is 33.5 Å². The van der Waals surface area contributed by atoms with Crippen LogP contribution in [0.1, 0.15) is 33.6 Å². The maximum Gasteiger partial charge on any atom is 0.276 e. The monoisotopic (exact) mass is 486 g/mol. The molecule has 10 nitrogen and oxygen atoms in total. The van der Waals surface area contributed by atoms with Gasteiger partial charge in [0, 0.05) is 19.2 Å². The summed E-state index contributed by atoms with van der Waals surface area (Å²) in [6, 6.07) is 6.65. The van der Waals surface area contributed by atoms with Crippen LogP contribution in [0.15, 0.2) is 36.7 Å². The first-order valence-corrected chi connectivity index (χ1v) is 10.7. The van der Waals surface area contributed by atoms with Gasteiger partial charge in [0.2, 0.25) is 0 Å². The van der Waals surface area contributed by atoms with Crippen LogP contribution in [0.4, 0.5) is 11.4 Å². The summed E-state index contributed by atoms with van der Waals surface area (Å²) >= 11 is 12.0. The zero-order chi connectivity index (χ0) is 23.7. The summed E-state index contributed by atoms with van der Waals surface area (Å²) in [5, 5.41) is 21.6. The summed E-state index contributed by atoms with van der Waals surface area (Å²) in [7, 11) is 1.78. The number of rotatable bonds is 6. The predicted molar refractivity (Wildman–Crippen MR) is 126 cm³/mol. The first-order valence-electron chi connectivity index (χ1n) is 9.96. The first kappa shape index (κ1) is 22.6. The van der Waals surface area contributed by atoms with E-state index >= 15 is 0 Å². The van der Waals surface area contributed by atoms with Crippen LogP contribution in [0.5, 0.6) is 0 Å². The Balaban J connectivity index is 1.56. The van der Waals surface area contributed by atoms with Crippen LogP contribution in [-0.2, 0) is 13.6 Å². The van der Waals surface area contributed by atoms with E-state index in [2.05, 4.69) is 31.0 Å². The molecule has 0 aliphatic carbocycles. The fourth-order valence-electron chi connectivity index (χ4n) is 3.19. The lowest BCUT2D eigenvalue weighted by molar-refractivity contribution is 0.101. The number of carbonyl (C=O) groups excluding carboxylic acids is 2. The number of benzene rings is 1. The largest absolute Gasteiger partial charge is 0.318 e. The predicted octanol–water partition coefficient (Wildman–Crippen LogP) is 4.15. The van der Waals surface area contributed by atoms with Gasteiger partial charge in [-0.3, -0.25) is 24.1 Å². The van der Waals surface area contributed by atoms with Crippen molar-refractivity contribution in [2.24, 2.45) is 7.05 Å². The second-order valence-corrected chi connectivity index (χ2v) is 8.01. The van der Waals surface area contributed by atoms with Gasteiger partial charge in [-0.2, -0.15) is 15.3 Å². The van der Waals surface area contributed by atoms with Gasteiger partial charge in [0.05, 0.1) is 45.2 Å². The Bertz CT molecular complexity index is 1350. The normalized spacial score (nSPS) is 10.9. The second kappa shape index (κ2) is 9.08. The number of hydrogen-bond donors (Lipinski definition) is 3. The molecule has 0 spiro atoms. The van der Waals surface area contributed by atoms with E-state index in [-0.39, 0.29) is 17.1 Å². The SMILES string of the molecule is CCn1ncc(NC(=O)c2cc(-c3ccc(Cl)c(Cl)c3)n[nH]2)c1C(=O)Nc1cnn(C)c1C. The second-order valence-electron chi connectivity index (χ2n) is 7.19. The highest BCUT2D eigenvalue weighted by molar-refractivity contribution is 6.42. The first-order chi connectivity index (χ1) is 15.8. The standard InChI is InChI=1S/C21H20Cl2N8O2/c1-4-31-19(21(33)26-17-9-24-30(3)11(17)2)18(10-25-31)27-20(32)16-8-15(28-29-16)12-5-6-13(22)14(23)7-12/h5-10H,4H2,1-3H3,(H,26,33)(H,27,32)(H,28,29). The van der Waals surface area contributed by atoms with Crippen LogP contribution in [0, 0.1) is 6.92 Å². The van der Waals surface area contributed by atoms with Crippen molar-refractivity contribution in [1.29, 1.82) is 0 Å². The highest BCUT2D eigenvalue weighted by atomic mass is 35.5. The number of carbonyl (C=O) groups is 2. The van der Waals surface area contributed by atoms with Gasteiger partial charge in [-0.25, -0.2) is 0 Å². The Morgan fingerprint density at radius 3 is 2.42 bits per heavy atom. The number of aromatic amines is 1. The van der Waals surface area contributed by atoms with Gasteiger partial charge < -0.3 is 10.6 Å². The van der Waals surface area contributed by atoms with Crippen LogP contribution in [0.25, 0.3) is 11.3 Å². The molecule has 0 aliphatic heterocycles. The van der Waals surface area contributed by atoms with E-state index in [1.807, 2.05) is 13.8 Å². The van der Waals surface area contributed by atoms with Crippen molar-refractivity contribution in [3.63, 3.8) is 0 Å². The van der Waals surface area contributed by atoms with Gasteiger partial charge in [-0.15, -0.1) is 0 Å². The van der Waals surface area contributed by atoms with Crippen molar-refractivity contribution < 1.29 is 9.59 Å². The van der Waals surface area contributed by atoms with Gasteiger partial charge in [0.15, 0.2) is 0 Å². The lowest BCUT2D eigenvalue weighted by atomic mass is 10.1. The topological polar surface area (TPSA) is 123 Å². The molecule has 0 fully saturated rings. The van der Waals surface area contributed by atoms with Crippen molar-refractivity contribution in [3.05, 3.63) is 63.8 Å². The van der Waals surface area contributed by atoms with E-state index in [1.54, 1.807) is 42.2 Å². The van der Waals surface area contributed by atoms with Crippen LogP contribution < -0.4 is 10.6 Å². The molecule has 0 saturated heterocycles. The van der Waals surface area contributed by atoms with Crippen LogP contribution in [0.3, 0.4) is 0 Å². The van der Waals surface area contributed by atoms with Crippen molar-refractivity contribution >= 4 is 46.4 Å². The Labute approximate surface area is 198 Å². The van der Waals surface area contributed by atoms with E-state index < -0.39 is 11.8 Å².